The summed E-state index contributed by atoms with van der Waals surface area (Å²) in [6, 6.07) is 10.3. The van der Waals surface area contributed by atoms with Gasteiger partial charge in [0.25, 0.3) is 0 Å². The highest BCUT2D eigenvalue weighted by Gasteiger charge is 2.14. The van der Waals surface area contributed by atoms with Crippen LogP contribution >= 0.6 is 12.2 Å². The zero-order valence-corrected chi connectivity index (χ0v) is 11.9. The monoisotopic (exact) mass is 271 g/mol. The number of nitrogens with zero attached hydrogens (tertiary/aromatic N) is 1. The molecule has 19 heavy (non-hydrogen) atoms. The van der Waals surface area contributed by atoms with Crippen molar-refractivity contribution in [1.82, 2.24) is 15.6 Å². The number of aromatic nitrogens is 1. The van der Waals surface area contributed by atoms with Crippen LogP contribution in [0.15, 0.2) is 48.4 Å². The molecule has 98 valence electrons. The maximum Gasteiger partial charge on any atom is 0.0657 e. The molecule has 0 saturated heterocycles. The van der Waals surface area contributed by atoms with Gasteiger partial charge in [-0.1, -0.05) is 43.4 Å². The van der Waals surface area contributed by atoms with Crippen LogP contribution in [0.4, 0.5) is 0 Å². The first-order valence-electron chi connectivity index (χ1n) is 6.19. The average molecular weight is 271 g/mol. The molecule has 0 aliphatic carbocycles. The molecule has 1 atom stereocenters. The van der Waals surface area contributed by atoms with E-state index in [1.54, 1.807) is 0 Å². The summed E-state index contributed by atoms with van der Waals surface area (Å²) < 4.78 is 0. The fourth-order valence-electron chi connectivity index (χ4n) is 2.15. The van der Waals surface area contributed by atoms with Gasteiger partial charge in [-0.3, -0.25) is 4.98 Å². The lowest BCUT2D eigenvalue weighted by Crippen LogP contribution is -2.18. The minimum atomic E-state index is 0.137. The lowest BCUT2D eigenvalue weighted by molar-refractivity contribution is 0.800. The SMILES string of the molecule is CN/C=C(\NC=S)C(C)c1nccc2ccccc12. The molecule has 3 nitrogen and oxygen atoms in total. The molecule has 4 heteroatoms. The van der Waals surface area contributed by atoms with Gasteiger partial charge in [0.05, 0.1) is 11.2 Å². The van der Waals surface area contributed by atoms with Crippen molar-refractivity contribution in [3.8, 4) is 0 Å². The molecule has 1 aromatic heterocycles. The first-order chi connectivity index (χ1) is 9.27. The highest BCUT2D eigenvalue weighted by Crippen LogP contribution is 2.26. The normalized spacial score (nSPS) is 13.1. The van der Waals surface area contributed by atoms with Gasteiger partial charge in [-0.15, -0.1) is 0 Å². The summed E-state index contributed by atoms with van der Waals surface area (Å²) in [7, 11) is 1.87. The van der Waals surface area contributed by atoms with Crippen molar-refractivity contribution in [2.45, 2.75) is 12.8 Å². The number of hydrogen-bond acceptors (Lipinski definition) is 3. The van der Waals surface area contributed by atoms with E-state index in [0.717, 1.165) is 11.4 Å². The van der Waals surface area contributed by atoms with Gasteiger partial charge in [-0.05, 0) is 11.5 Å². The molecule has 0 aliphatic heterocycles. The Balaban J connectivity index is 2.48. The molecule has 0 spiro atoms. The second-order valence-corrected chi connectivity index (χ2v) is 4.53. The minimum Gasteiger partial charge on any atom is -0.393 e. The Bertz CT molecular complexity index is 602. The van der Waals surface area contributed by atoms with Gasteiger partial charge in [0, 0.05) is 36.4 Å². The Hall–Kier alpha value is -1.94. The maximum absolute atomic E-state index is 4.88. The lowest BCUT2D eigenvalue weighted by atomic mass is 9.98. The van der Waals surface area contributed by atoms with Crippen molar-refractivity contribution >= 4 is 28.5 Å². The van der Waals surface area contributed by atoms with E-state index in [1.807, 2.05) is 37.6 Å². The van der Waals surface area contributed by atoms with Gasteiger partial charge in [0.15, 0.2) is 0 Å². The largest absolute Gasteiger partial charge is 0.393 e. The standard InChI is InChI=1S/C15H17N3S/c1-11(14(9-16-2)18-10-19)15-13-6-4-3-5-12(13)7-8-17-15/h3-11,16H,1-2H3,(H,18,19)/b14-9-. The summed E-state index contributed by atoms with van der Waals surface area (Å²) in [5.74, 6) is 0.137. The second kappa shape index (κ2) is 6.29. The smallest absolute Gasteiger partial charge is 0.0657 e. The summed E-state index contributed by atoms with van der Waals surface area (Å²) in [6.07, 6.45) is 3.76. The first-order valence-corrected chi connectivity index (χ1v) is 6.66. The highest BCUT2D eigenvalue weighted by atomic mass is 32.1. The number of hydrogen-bond donors (Lipinski definition) is 2. The lowest BCUT2D eigenvalue weighted by Gasteiger charge is -2.17. The third kappa shape index (κ3) is 2.90. The second-order valence-electron chi connectivity index (χ2n) is 4.29. The molecule has 0 bridgehead atoms. The molecule has 2 aromatic rings. The third-order valence-electron chi connectivity index (χ3n) is 3.11. The van der Waals surface area contributed by atoms with Crippen LogP contribution in [0.3, 0.4) is 0 Å². The molecule has 0 radical (unpaired) electrons. The van der Waals surface area contributed by atoms with Crippen LogP contribution in [0.2, 0.25) is 0 Å². The average Bonchev–Trinajstić information content (AvgIpc) is 2.46. The van der Waals surface area contributed by atoms with Crippen LogP contribution in [0.25, 0.3) is 10.8 Å². The molecule has 2 rings (SSSR count). The summed E-state index contributed by atoms with van der Waals surface area (Å²) in [6.45, 7) is 2.11. The van der Waals surface area contributed by atoms with E-state index in [9.17, 15) is 0 Å². The van der Waals surface area contributed by atoms with E-state index >= 15 is 0 Å². The van der Waals surface area contributed by atoms with Gasteiger partial charge in [0.2, 0.25) is 0 Å². The van der Waals surface area contributed by atoms with Crippen molar-refractivity contribution < 1.29 is 0 Å². The Morgan fingerprint density at radius 2 is 2.11 bits per heavy atom. The predicted molar refractivity (Wildman–Crippen MR) is 84.1 cm³/mol. The van der Waals surface area contributed by atoms with Crippen LogP contribution in [-0.2, 0) is 0 Å². The minimum absolute atomic E-state index is 0.137. The fraction of sp³-hybridized carbons (Fsp3) is 0.200. The summed E-state index contributed by atoms with van der Waals surface area (Å²) in [5, 5.41) is 8.50. The Morgan fingerprint density at radius 3 is 2.84 bits per heavy atom. The number of pyridine rings is 1. The zero-order valence-electron chi connectivity index (χ0n) is 11.1. The number of rotatable bonds is 5. The quantitative estimate of drug-likeness (QED) is 0.820. The molecule has 0 saturated carbocycles. The van der Waals surface area contributed by atoms with Crippen molar-refractivity contribution in [2.75, 3.05) is 7.05 Å². The van der Waals surface area contributed by atoms with Crippen molar-refractivity contribution in [2.24, 2.45) is 0 Å². The van der Waals surface area contributed by atoms with E-state index in [-0.39, 0.29) is 5.92 Å². The number of nitrogens with one attached hydrogen (secondary N) is 2. The van der Waals surface area contributed by atoms with Gasteiger partial charge >= 0.3 is 0 Å². The van der Waals surface area contributed by atoms with Crippen molar-refractivity contribution in [1.29, 1.82) is 0 Å². The van der Waals surface area contributed by atoms with Gasteiger partial charge < -0.3 is 10.6 Å². The topological polar surface area (TPSA) is 37.0 Å². The van der Waals surface area contributed by atoms with Crippen LogP contribution in [0.1, 0.15) is 18.5 Å². The van der Waals surface area contributed by atoms with Crippen LogP contribution < -0.4 is 10.6 Å². The van der Waals surface area contributed by atoms with Gasteiger partial charge in [-0.2, -0.15) is 0 Å². The molecule has 1 heterocycles. The van der Waals surface area contributed by atoms with E-state index in [0.29, 0.717) is 0 Å². The third-order valence-corrected chi connectivity index (χ3v) is 3.22. The maximum atomic E-state index is 4.88. The zero-order chi connectivity index (χ0) is 13.7. The van der Waals surface area contributed by atoms with Gasteiger partial charge in [0.1, 0.15) is 0 Å². The van der Waals surface area contributed by atoms with Crippen LogP contribution in [-0.4, -0.2) is 17.5 Å². The molecule has 0 fully saturated rings. The number of benzene rings is 1. The number of thiocarbonyl (C=S) groups is 1. The first kappa shape index (κ1) is 13.5. The molecule has 1 unspecified atom stereocenters. The number of fused-ring (bicyclic) bond motifs is 1. The number of allylic oxidation sites excluding steroid dienone is 1. The summed E-state index contributed by atoms with van der Waals surface area (Å²) in [4.78, 5) is 4.54. The summed E-state index contributed by atoms with van der Waals surface area (Å²) >= 11 is 4.88. The van der Waals surface area contributed by atoms with E-state index < -0.39 is 0 Å². The highest BCUT2D eigenvalue weighted by molar-refractivity contribution is 7.78. The Morgan fingerprint density at radius 1 is 1.32 bits per heavy atom. The predicted octanol–water partition coefficient (Wildman–Crippen LogP) is 2.95. The Labute approximate surface area is 118 Å². The molecule has 0 amide bonds. The fourth-order valence-corrected chi connectivity index (χ4v) is 2.29. The Kier molecular flexibility index (Phi) is 4.47. The van der Waals surface area contributed by atoms with E-state index in [4.69, 9.17) is 12.2 Å². The van der Waals surface area contributed by atoms with Crippen LogP contribution in [0.5, 0.6) is 0 Å². The molecule has 1 aromatic carbocycles. The van der Waals surface area contributed by atoms with E-state index in [2.05, 4.69) is 34.7 Å². The van der Waals surface area contributed by atoms with E-state index in [1.165, 1.54) is 16.3 Å². The van der Waals surface area contributed by atoms with Crippen molar-refractivity contribution in [3.63, 3.8) is 0 Å². The van der Waals surface area contributed by atoms with Crippen LogP contribution in [0, 0.1) is 0 Å². The molecular formula is C15H17N3S. The van der Waals surface area contributed by atoms with Gasteiger partial charge in [-0.25, -0.2) is 0 Å². The molecule has 2 N–H and O–H groups in total. The van der Waals surface area contributed by atoms with Crippen molar-refractivity contribution in [3.05, 3.63) is 54.1 Å². The summed E-state index contributed by atoms with van der Waals surface area (Å²) in [5.41, 5.74) is 3.57. The molecule has 0 aliphatic rings. The molecular weight excluding hydrogens is 254 g/mol.